The number of benzene rings is 2. The second kappa shape index (κ2) is 5.76. The van der Waals surface area contributed by atoms with E-state index in [1.54, 1.807) is 0 Å². The first-order chi connectivity index (χ1) is 9.88. The average Bonchev–Trinajstić information content (AvgIpc) is 2.37. The lowest BCUT2D eigenvalue weighted by molar-refractivity contribution is -0.383. The first kappa shape index (κ1) is 14.7. The molecule has 108 valence electrons. The molecule has 0 radical (unpaired) electrons. The Bertz CT molecular complexity index is 736. The van der Waals surface area contributed by atoms with Crippen molar-refractivity contribution in [3.8, 4) is 0 Å². The van der Waals surface area contributed by atoms with Gasteiger partial charge in [0.05, 0.1) is 10.5 Å². The number of rotatable bonds is 4. The van der Waals surface area contributed by atoms with Gasteiger partial charge in [0, 0.05) is 16.8 Å². The van der Waals surface area contributed by atoms with E-state index in [9.17, 15) is 19.3 Å². The molecule has 0 heterocycles. The van der Waals surface area contributed by atoms with Crippen molar-refractivity contribution < 1.29 is 19.2 Å². The predicted octanol–water partition coefficient (Wildman–Crippen LogP) is 3.83. The highest BCUT2D eigenvalue weighted by Gasteiger charge is 2.15. The van der Waals surface area contributed by atoms with E-state index in [4.69, 9.17) is 16.7 Å². The quantitative estimate of drug-likeness (QED) is 0.661. The zero-order valence-electron chi connectivity index (χ0n) is 10.3. The summed E-state index contributed by atoms with van der Waals surface area (Å²) in [4.78, 5) is 21.0. The molecule has 0 atom stereocenters. The zero-order valence-corrected chi connectivity index (χ0v) is 11.1. The molecule has 0 aliphatic rings. The molecule has 0 saturated carbocycles. The molecule has 0 fully saturated rings. The van der Waals surface area contributed by atoms with Crippen molar-refractivity contribution in [3.63, 3.8) is 0 Å². The van der Waals surface area contributed by atoms with Gasteiger partial charge in [0.1, 0.15) is 11.5 Å². The summed E-state index contributed by atoms with van der Waals surface area (Å²) in [5.74, 6) is -2.34. The van der Waals surface area contributed by atoms with Gasteiger partial charge in [-0.05, 0) is 30.3 Å². The highest BCUT2D eigenvalue weighted by molar-refractivity contribution is 6.31. The third-order valence-electron chi connectivity index (χ3n) is 2.63. The van der Waals surface area contributed by atoms with Gasteiger partial charge < -0.3 is 10.4 Å². The first-order valence-electron chi connectivity index (χ1n) is 5.62. The molecule has 0 bridgehead atoms. The molecule has 2 aromatic rings. The minimum absolute atomic E-state index is 0.0787. The van der Waals surface area contributed by atoms with Crippen LogP contribution in [-0.2, 0) is 0 Å². The SMILES string of the molecule is O=C(O)c1ccc(Nc2cc(Cl)ccc2[N+](=O)[O-])cc1F. The largest absolute Gasteiger partial charge is 0.478 e. The van der Waals surface area contributed by atoms with Gasteiger partial charge in [0.2, 0.25) is 0 Å². The van der Waals surface area contributed by atoms with Crippen LogP contribution in [-0.4, -0.2) is 16.0 Å². The number of anilines is 2. The van der Waals surface area contributed by atoms with Crippen molar-refractivity contribution in [2.45, 2.75) is 0 Å². The van der Waals surface area contributed by atoms with Crippen LogP contribution < -0.4 is 5.32 Å². The predicted molar refractivity (Wildman–Crippen MR) is 74.7 cm³/mol. The molecule has 21 heavy (non-hydrogen) atoms. The second-order valence-corrected chi connectivity index (χ2v) is 4.48. The number of nitro benzene ring substituents is 1. The number of hydrogen-bond acceptors (Lipinski definition) is 4. The Morgan fingerprint density at radius 1 is 1.29 bits per heavy atom. The van der Waals surface area contributed by atoms with Crippen molar-refractivity contribution >= 4 is 34.6 Å². The van der Waals surface area contributed by atoms with E-state index < -0.39 is 22.3 Å². The van der Waals surface area contributed by atoms with Gasteiger partial charge in [0.25, 0.3) is 5.69 Å². The molecule has 0 amide bonds. The number of carbonyl (C=O) groups is 1. The summed E-state index contributed by atoms with van der Waals surface area (Å²) >= 11 is 5.77. The Labute approximate surface area is 122 Å². The lowest BCUT2D eigenvalue weighted by atomic mass is 10.2. The van der Waals surface area contributed by atoms with E-state index in [1.807, 2.05) is 0 Å². The van der Waals surface area contributed by atoms with Crippen molar-refractivity contribution in [3.05, 3.63) is 62.9 Å². The molecule has 0 saturated heterocycles. The minimum Gasteiger partial charge on any atom is -0.478 e. The van der Waals surface area contributed by atoms with Gasteiger partial charge in [-0.3, -0.25) is 10.1 Å². The van der Waals surface area contributed by atoms with Crippen LogP contribution >= 0.6 is 11.6 Å². The maximum Gasteiger partial charge on any atom is 0.338 e. The standard InChI is InChI=1S/C13H8ClFN2O4/c14-7-1-4-12(17(20)21)11(5-7)16-8-2-3-9(13(18)19)10(15)6-8/h1-6,16H,(H,18,19). The van der Waals surface area contributed by atoms with Crippen LogP contribution in [0, 0.1) is 15.9 Å². The van der Waals surface area contributed by atoms with Crippen LogP contribution in [0.25, 0.3) is 0 Å². The maximum atomic E-state index is 13.6. The number of nitrogens with one attached hydrogen (secondary N) is 1. The number of halogens is 2. The summed E-state index contributed by atoms with van der Waals surface area (Å²) < 4.78 is 13.6. The minimum atomic E-state index is -1.40. The first-order valence-corrected chi connectivity index (χ1v) is 6.00. The van der Waals surface area contributed by atoms with E-state index in [0.29, 0.717) is 0 Å². The molecule has 0 spiro atoms. The van der Waals surface area contributed by atoms with Crippen molar-refractivity contribution in [1.82, 2.24) is 0 Å². The summed E-state index contributed by atoms with van der Waals surface area (Å²) in [5.41, 5.74) is -0.471. The van der Waals surface area contributed by atoms with Gasteiger partial charge in [-0.1, -0.05) is 11.6 Å². The summed E-state index contributed by atoms with van der Waals surface area (Å²) in [6.45, 7) is 0. The Hall–Kier alpha value is -2.67. The zero-order chi connectivity index (χ0) is 15.6. The van der Waals surface area contributed by atoms with Gasteiger partial charge >= 0.3 is 5.97 Å². The number of hydrogen-bond donors (Lipinski definition) is 2. The normalized spacial score (nSPS) is 10.2. The fourth-order valence-corrected chi connectivity index (χ4v) is 1.86. The fourth-order valence-electron chi connectivity index (χ4n) is 1.69. The molecule has 0 aliphatic carbocycles. The van der Waals surface area contributed by atoms with Gasteiger partial charge in [-0.15, -0.1) is 0 Å². The van der Waals surface area contributed by atoms with Crippen molar-refractivity contribution in [1.29, 1.82) is 0 Å². The van der Waals surface area contributed by atoms with Crippen LogP contribution in [0.1, 0.15) is 10.4 Å². The van der Waals surface area contributed by atoms with E-state index in [-0.39, 0.29) is 22.1 Å². The lowest BCUT2D eigenvalue weighted by Gasteiger charge is -2.08. The van der Waals surface area contributed by atoms with E-state index in [1.165, 1.54) is 24.3 Å². The van der Waals surface area contributed by atoms with Crippen LogP contribution in [0.5, 0.6) is 0 Å². The molecule has 0 aliphatic heterocycles. The van der Waals surface area contributed by atoms with E-state index >= 15 is 0 Å². The molecule has 2 N–H and O–H groups in total. The van der Waals surface area contributed by atoms with Crippen LogP contribution in [0.15, 0.2) is 36.4 Å². The smallest absolute Gasteiger partial charge is 0.338 e. The van der Waals surface area contributed by atoms with Crippen molar-refractivity contribution in [2.75, 3.05) is 5.32 Å². The maximum absolute atomic E-state index is 13.6. The Morgan fingerprint density at radius 3 is 2.57 bits per heavy atom. The van der Waals surface area contributed by atoms with Crippen LogP contribution in [0.4, 0.5) is 21.5 Å². The number of aromatic carboxylic acids is 1. The average molecular weight is 311 g/mol. The third-order valence-corrected chi connectivity index (χ3v) is 2.87. The molecule has 6 nitrogen and oxygen atoms in total. The summed E-state index contributed by atoms with van der Waals surface area (Å²) in [6.07, 6.45) is 0. The van der Waals surface area contributed by atoms with Crippen LogP contribution in [0.3, 0.4) is 0 Å². The van der Waals surface area contributed by atoms with Gasteiger partial charge in [0.15, 0.2) is 0 Å². The fraction of sp³-hybridized carbons (Fsp3) is 0. The third kappa shape index (κ3) is 3.26. The monoisotopic (exact) mass is 310 g/mol. The number of nitro groups is 1. The highest BCUT2D eigenvalue weighted by Crippen LogP contribution is 2.30. The second-order valence-electron chi connectivity index (χ2n) is 4.04. The van der Waals surface area contributed by atoms with Gasteiger partial charge in [-0.25, -0.2) is 9.18 Å². The number of nitrogens with zero attached hydrogens (tertiary/aromatic N) is 1. The Morgan fingerprint density at radius 2 is 2.00 bits per heavy atom. The summed E-state index contributed by atoms with van der Waals surface area (Å²) in [7, 11) is 0. The molecule has 2 aromatic carbocycles. The molecular weight excluding hydrogens is 303 g/mol. The van der Waals surface area contributed by atoms with Crippen molar-refractivity contribution in [2.24, 2.45) is 0 Å². The molecule has 0 aromatic heterocycles. The van der Waals surface area contributed by atoms with Gasteiger partial charge in [-0.2, -0.15) is 0 Å². The van der Waals surface area contributed by atoms with E-state index in [2.05, 4.69) is 5.32 Å². The Kier molecular flexibility index (Phi) is 4.04. The van der Waals surface area contributed by atoms with Crippen LogP contribution in [0.2, 0.25) is 5.02 Å². The highest BCUT2D eigenvalue weighted by atomic mass is 35.5. The Balaban J connectivity index is 2.38. The number of carboxylic acid groups (broad SMARTS) is 1. The molecule has 0 unspecified atom stereocenters. The van der Waals surface area contributed by atoms with E-state index in [0.717, 1.165) is 12.1 Å². The summed E-state index contributed by atoms with van der Waals surface area (Å²) in [5, 5.41) is 22.5. The lowest BCUT2D eigenvalue weighted by Crippen LogP contribution is -2.02. The number of carboxylic acids is 1. The topological polar surface area (TPSA) is 92.5 Å². The molecule has 8 heteroatoms. The summed E-state index contributed by atoms with van der Waals surface area (Å²) in [6, 6.07) is 7.20. The molecule has 2 rings (SSSR count). The molecular formula is C13H8ClFN2O4.